The highest BCUT2D eigenvalue weighted by Gasteiger charge is 2.27. The predicted molar refractivity (Wildman–Crippen MR) is 127 cm³/mol. The van der Waals surface area contributed by atoms with Gasteiger partial charge in [0, 0.05) is 56.9 Å². The van der Waals surface area contributed by atoms with Crippen LogP contribution in [0, 0.1) is 5.92 Å². The van der Waals surface area contributed by atoms with E-state index in [0.29, 0.717) is 49.8 Å². The second-order valence-corrected chi connectivity index (χ2v) is 9.02. The molecule has 1 N–H and O–H groups in total. The Morgan fingerprint density at radius 2 is 1.47 bits per heavy atom. The lowest BCUT2D eigenvalue weighted by molar-refractivity contribution is -0.133. The zero-order chi connectivity index (χ0) is 22.9. The maximum absolute atomic E-state index is 12.7. The Hall–Kier alpha value is -2.57. The van der Waals surface area contributed by atoms with Crippen LogP contribution >= 0.6 is 0 Å². The molecule has 0 aromatic heterocycles. The van der Waals surface area contributed by atoms with Crippen molar-refractivity contribution >= 4 is 23.5 Å². The second-order valence-electron chi connectivity index (χ2n) is 9.02. The van der Waals surface area contributed by atoms with E-state index in [-0.39, 0.29) is 17.8 Å². The van der Waals surface area contributed by atoms with Crippen molar-refractivity contribution in [3.8, 4) is 0 Å². The van der Waals surface area contributed by atoms with Gasteiger partial charge in [-0.25, -0.2) is 4.79 Å². The van der Waals surface area contributed by atoms with Gasteiger partial charge in [-0.2, -0.15) is 0 Å². The summed E-state index contributed by atoms with van der Waals surface area (Å²) in [4.78, 5) is 43.4. The molecule has 1 aromatic rings. The summed E-state index contributed by atoms with van der Waals surface area (Å²) in [6.07, 6.45) is 7.36. The van der Waals surface area contributed by atoms with Gasteiger partial charge in [0.2, 0.25) is 5.91 Å². The summed E-state index contributed by atoms with van der Waals surface area (Å²) in [5, 5.41) is 2.92. The Balaban J connectivity index is 1.46. The van der Waals surface area contributed by atoms with Crippen molar-refractivity contribution in [1.82, 2.24) is 14.7 Å². The molecule has 1 aromatic carbocycles. The minimum atomic E-state index is -0.162. The van der Waals surface area contributed by atoms with Gasteiger partial charge in [0.1, 0.15) is 0 Å². The van der Waals surface area contributed by atoms with Crippen LogP contribution in [-0.4, -0.2) is 71.8 Å². The van der Waals surface area contributed by atoms with E-state index in [9.17, 15) is 14.4 Å². The van der Waals surface area contributed by atoms with Crippen LogP contribution in [0.25, 0.3) is 0 Å². The number of urea groups is 1. The lowest BCUT2D eigenvalue weighted by atomic mass is 10.0. The number of hydrogen-bond donors (Lipinski definition) is 1. The molecule has 32 heavy (non-hydrogen) atoms. The van der Waals surface area contributed by atoms with Crippen LogP contribution in [-0.2, 0) is 4.79 Å². The first-order valence-electron chi connectivity index (χ1n) is 12.2. The van der Waals surface area contributed by atoms with Crippen molar-refractivity contribution in [2.45, 2.75) is 58.8 Å². The second kappa shape index (κ2) is 11.9. The minimum Gasteiger partial charge on any atom is -0.339 e. The van der Waals surface area contributed by atoms with Crippen LogP contribution in [0.2, 0.25) is 0 Å². The Labute approximate surface area is 192 Å². The largest absolute Gasteiger partial charge is 0.339 e. The Kier molecular flexibility index (Phi) is 8.94. The Morgan fingerprint density at radius 1 is 0.906 bits per heavy atom. The third-order valence-corrected chi connectivity index (χ3v) is 6.52. The van der Waals surface area contributed by atoms with E-state index in [0.717, 1.165) is 25.9 Å². The zero-order valence-corrected chi connectivity index (χ0v) is 19.6. The van der Waals surface area contributed by atoms with Crippen molar-refractivity contribution in [3.63, 3.8) is 0 Å². The molecule has 2 aliphatic rings. The van der Waals surface area contributed by atoms with Gasteiger partial charge in [0.25, 0.3) is 5.91 Å². The number of nitrogens with one attached hydrogen (secondary N) is 1. The molecule has 176 valence electrons. The van der Waals surface area contributed by atoms with E-state index < -0.39 is 0 Å². The fourth-order valence-corrected chi connectivity index (χ4v) is 4.69. The molecule has 1 saturated carbocycles. The van der Waals surface area contributed by atoms with Crippen molar-refractivity contribution in [3.05, 3.63) is 29.8 Å². The summed E-state index contributed by atoms with van der Waals surface area (Å²) < 4.78 is 0. The van der Waals surface area contributed by atoms with E-state index >= 15 is 0 Å². The van der Waals surface area contributed by atoms with Crippen LogP contribution in [0.1, 0.15) is 69.2 Å². The van der Waals surface area contributed by atoms with Gasteiger partial charge in [-0.15, -0.1) is 0 Å². The normalized spacial score (nSPS) is 16.8. The average Bonchev–Trinajstić information content (AvgIpc) is 3.32. The van der Waals surface area contributed by atoms with Gasteiger partial charge in [0.05, 0.1) is 0 Å². The summed E-state index contributed by atoms with van der Waals surface area (Å²) in [5.41, 5.74) is 1.31. The lowest BCUT2D eigenvalue weighted by Gasteiger charge is -2.35. The molecular weight excluding hydrogens is 404 g/mol. The summed E-state index contributed by atoms with van der Waals surface area (Å²) in [7, 11) is 0. The van der Waals surface area contributed by atoms with Crippen molar-refractivity contribution in [2.75, 3.05) is 44.6 Å². The van der Waals surface area contributed by atoms with Gasteiger partial charge in [-0.1, -0.05) is 26.7 Å². The number of hydrogen-bond acceptors (Lipinski definition) is 3. The highest BCUT2D eigenvalue weighted by molar-refractivity contribution is 5.95. The van der Waals surface area contributed by atoms with Crippen molar-refractivity contribution in [2.24, 2.45) is 5.92 Å². The van der Waals surface area contributed by atoms with Gasteiger partial charge in [-0.3, -0.25) is 9.59 Å². The number of carbonyl (C=O) groups excluding carboxylic acids is 3. The highest BCUT2D eigenvalue weighted by Crippen LogP contribution is 2.28. The maximum atomic E-state index is 12.7. The molecule has 1 saturated heterocycles. The van der Waals surface area contributed by atoms with Crippen LogP contribution in [0.5, 0.6) is 0 Å². The number of piperazine rings is 1. The zero-order valence-electron chi connectivity index (χ0n) is 19.6. The summed E-state index contributed by atoms with van der Waals surface area (Å²) in [6.45, 7) is 7.91. The van der Waals surface area contributed by atoms with E-state index in [1.54, 1.807) is 29.2 Å². The first-order valence-corrected chi connectivity index (χ1v) is 12.2. The third-order valence-electron chi connectivity index (χ3n) is 6.52. The molecule has 1 aliphatic carbocycles. The van der Waals surface area contributed by atoms with E-state index in [4.69, 9.17) is 0 Å². The molecule has 0 radical (unpaired) electrons. The standard InChI is InChI=1S/C25H38N4O3/c1-3-13-28(14-4-2)24(31)21-9-11-22(12-10-21)26-25(32)29-17-15-27(16-18-29)23(30)19-20-7-5-6-8-20/h9-12,20H,3-8,13-19H2,1-2H3,(H,26,32). The van der Waals surface area contributed by atoms with E-state index in [2.05, 4.69) is 19.2 Å². The lowest BCUT2D eigenvalue weighted by Crippen LogP contribution is -2.51. The van der Waals surface area contributed by atoms with E-state index in [1.807, 2.05) is 9.80 Å². The van der Waals surface area contributed by atoms with Gasteiger partial charge < -0.3 is 20.0 Å². The molecule has 7 nitrogen and oxygen atoms in total. The summed E-state index contributed by atoms with van der Waals surface area (Å²) in [5.74, 6) is 0.817. The van der Waals surface area contributed by atoms with Crippen LogP contribution < -0.4 is 5.32 Å². The van der Waals surface area contributed by atoms with E-state index in [1.165, 1.54) is 25.7 Å². The predicted octanol–water partition coefficient (Wildman–Crippen LogP) is 4.21. The van der Waals surface area contributed by atoms with Gasteiger partial charge in [-0.05, 0) is 55.9 Å². The van der Waals surface area contributed by atoms with Crippen LogP contribution in [0.15, 0.2) is 24.3 Å². The molecule has 0 unspecified atom stereocenters. The Morgan fingerprint density at radius 3 is 2.03 bits per heavy atom. The number of benzene rings is 1. The van der Waals surface area contributed by atoms with Crippen LogP contribution in [0.3, 0.4) is 0 Å². The quantitative estimate of drug-likeness (QED) is 0.656. The molecule has 1 heterocycles. The Bertz CT molecular complexity index is 760. The molecule has 1 aliphatic heterocycles. The monoisotopic (exact) mass is 442 g/mol. The molecule has 4 amide bonds. The average molecular weight is 443 g/mol. The fraction of sp³-hybridized carbons (Fsp3) is 0.640. The number of carbonyl (C=O) groups is 3. The molecule has 0 bridgehead atoms. The van der Waals surface area contributed by atoms with Gasteiger partial charge >= 0.3 is 6.03 Å². The number of nitrogens with zero attached hydrogens (tertiary/aromatic N) is 3. The number of rotatable bonds is 8. The maximum Gasteiger partial charge on any atom is 0.321 e. The summed E-state index contributed by atoms with van der Waals surface area (Å²) in [6, 6.07) is 6.95. The first kappa shape index (κ1) is 24.1. The third kappa shape index (κ3) is 6.47. The summed E-state index contributed by atoms with van der Waals surface area (Å²) >= 11 is 0. The molecular formula is C25H38N4O3. The molecule has 0 spiro atoms. The van der Waals surface area contributed by atoms with Crippen LogP contribution in [0.4, 0.5) is 10.5 Å². The fourth-order valence-electron chi connectivity index (χ4n) is 4.69. The molecule has 0 atom stereocenters. The highest BCUT2D eigenvalue weighted by atomic mass is 16.2. The number of anilines is 1. The topological polar surface area (TPSA) is 73.0 Å². The van der Waals surface area contributed by atoms with Gasteiger partial charge in [0.15, 0.2) is 0 Å². The smallest absolute Gasteiger partial charge is 0.321 e. The first-order chi connectivity index (χ1) is 15.5. The molecule has 2 fully saturated rings. The van der Waals surface area contributed by atoms with Crippen molar-refractivity contribution in [1.29, 1.82) is 0 Å². The van der Waals surface area contributed by atoms with Crippen molar-refractivity contribution < 1.29 is 14.4 Å². The molecule has 3 rings (SSSR count). The minimum absolute atomic E-state index is 0.0324. The number of amides is 4. The SMILES string of the molecule is CCCN(CCC)C(=O)c1ccc(NC(=O)N2CCN(C(=O)CC3CCCC3)CC2)cc1. The molecule has 7 heteroatoms.